The molecule has 0 atom stereocenters. The van der Waals surface area contributed by atoms with E-state index in [9.17, 15) is 0 Å². The summed E-state index contributed by atoms with van der Waals surface area (Å²) in [7, 11) is 0. The van der Waals surface area contributed by atoms with Crippen molar-refractivity contribution in [1.29, 1.82) is 0 Å². The van der Waals surface area contributed by atoms with Crippen LogP contribution in [-0.4, -0.2) is 13.1 Å². The van der Waals surface area contributed by atoms with Crippen molar-refractivity contribution in [1.82, 2.24) is 5.32 Å². The lowest BCUT2D eigenvalue weighted by Crippen LogP contribution is -2.40. The van der Waals surface area contributed by atoms with Crippen LogP contribution in [0.25, 0.3) is 0 Å². The van der Waals surface area contributed by atoms with Gasteiger partial charge in [0.05, 0.1) is 0 Å². The highest BCUT2D eigenvalue weighted by Crippen LogP contribution is 2.44. The first-order valence-electron chi connectivity index (χ1n) is 8.54. The van der Waals surface area contributed by atoms with E-state index < -0.39 is 0 Å². The van der Waals surface area contributed by atoms with Gasteiger partial charge >= 0.3 is 0 Å². The van der Waals surface area contributed by atoms with Crippen LogP contribution >= 0.6 is 0 Å². The lowest BCUT2D eigenvalue weighted by Gasteiger charge is -2.42. The van der Waals surface area contributed by atoms with E-state index in [4.69, 9.17) is 0 Å². The zero-order valence-corrected chi connectivity index (χ0v) is 12.9. The van der Waals surface area contributed by atoms with E-state index in [0.717, 1.165) is 0 Å². The van der Waals surface area contributed by atoms with Gasteiger partial charge in [-0.25, -0.2) is 0 Å². The summed E-state index contributed by atoms with van der Waals surface area (Å²) in [5, 5.41) is 3.65. The number of hydrogen-bond donors (Lipinski definition) is 1. The Labute approximate surface area is 115 Å². The molecule has 1 saturated carbocycles. The summed E-state index contributed by atoms with van der Waals surface area (Å²) in [4.78, 5) is 0. The summed E-state index contributed by atoms with van der Waals surface area (Å²) < 4.78 is 0. The highest BCUT2D eigenvalue weighted by Gasteiger charge is 2.35. The van der Waals surface area contributed by atoms with Gasteiger partial charge in [-0.2, -0.15) is 0 Å². The summed E-state index contributed by atoms with van der Waals surface area (Å²) in [6, 6.07) is 0. The van der Waals surface area contributed by atoms with Crippen molar-refractivity contribution in [3.8, 4) is 0 Å². The van der Waals surface area contributed by atoms with Crippen LogP contribution in [0.5, 0.6) is 0 Å². The molecule has 0 aromatic carbocycles. The predicted molar refractivity (Wildman–Crippen MR) is 82.1 cm³/mol. The zero-order valence-electron chi connectivity index (χ0n) is 12.9. The Hall–Kier alpha value is -0.0400. The summed E-state index contributed by atoms with van der Waals surface area (Å²) in [6.07, 6.45) is 17.3. The van der Waals surface area contributed by atoms with Gasteiger partial charge in [-0.05, 0) is 37.6 Å². The molecule has 0 aromatic heterocycles. The largest absolute Gasteiger partial charge is 0.316 e. The molecule has 1 aliphatic rings. The van der Waals surface area contributed by atoms with E-state index in [0.29, 0.717) is 5.41 Å². The van der Waals surface area contributed by atoms with Gasteiger partial charge in [0.25, 0.3) is 0 Å². The van der Waals surface area contributed by atoms with Crippen LogP contribution in [0, 0.1) is 5.41 Å². The second kappa shape index (κ2) is 9.83. The second-order valence-corrected chi connectivity index (χ2v) is 6.40. The van der Waals surface area contributed by atoms with E-state index in [1.54, 1.807) is 0 Å². The smallest absolute Gasteiger partial charge is 0.000780 e. The van der Waals surface area contributed by atoms with Crippen LogP contribution in [-0.2, 0) is 0 Å². The van der Waals surface area contributed by atoms with Gasteiger partial charge in [-0.1, -0.05) is 65.2 Å². The van der Waals surface area contributed by atoms with Crippen molar-refractivity contribution < 1.29 is 0 Å². The van der Waals surface area contributed by atoms with Crippen LogP contribution in [0.2, 0.25) is 0 Å². The molecule has 0 aliphatic heterocycles. The van der Waals surface area contributed by atoms with Crippen LogP contribution in [0.1, 0.15) is 90.9 Å². The maximum absolute atomic E-state index is 3.65. The fourth-order valence-electron chi connectivity index (χ4n) is 3.18. The third-order valence-electron chi connectivity index (χ3n) is 4.65. The third-order valence-corrected chi connectivity index (χ3v) is 4.65. The third kappa shape index (κ3) is 6.22. The zero-order chi connectivity index (χ0) is 13.1. The van der Waals surface area contributed by atoms with Gasteiger partial charge in [-0.3, -0.25) is 0 Å². The average molecular weight is 253 g/mol. The Morgan fingerprint density at radius 1 is 0.833 bits per heavy atom. The molecular weight excluding hydrogens is 218 g/mol. The van der Waals surface area contributed by atoms with E-state index >= 15 is 0 Å². The van der Waals surface area contributed by atoms with Crippen molar-refractivity contribution in [2.24, 2.45) is 5.41 Å². The van der Waals surface area contributed by atoms with Crippen molar-refractivity contribution in [3.63, 3.8) is 0 Å². The summed E-state index contributed by atoms with van der Waals surface area (Å²) in [5.41, 5.74) is 0.707. The van der Waals surface area contributed by atoms with Crippen LogP contribution in [0.15, 0.2) is 0 Å². The summed E-state index contributed by atoms with van der Waals surface area (Å²) in [6.45, 7) is 7.05. The predicted octanol–water partition coefficient (Wildman–Crippen LogP) is 5.30. The lowest BCUT2D eigenvalue weighted by atomic mass is 9.66. The quantitative estimate of drug-likeness (QED) is 0.466. The molecule has 0 bridgehead atoms. The molecule has 0 unspecified atom stereocenters. The Morgan fingerprint density at radius 3 is 2.06 bits per heavy atom. The van der Waals surface area contributed by atoms with Crippen molar-refractivity contribution in [2.45, 2.75) is 90.9 Å². The monoisotopic (exact) mass is 253 g/mol. The highest BCUT2D eigenvalue weighted by molar-refractivity contribution is 4.89. The number of rotatable bonds is 12. The molecule has 1 heteroatoms. The molecular formula is C17H35N. The van der Waals surface area contributed by atoms with Crippen molar-refractivity contribution in [2.75, 3.05) is 13.1 Å². The van der Waals surface area contributed by atoms with E-state index in [-0.39, 0.29) is 0 Å². The number of nitrogens with one attached hydrogen (secondary N) is 1. The minimum Gasteiger partial charge on any atom is -0.316 e. The maximum atomic E-state index is 3.65. The first-order valence-corrected chi connectivity index (χ1v) is 8.54. The van der Waals surface area contributed by atoms with Gasteiger partial charge in [0.2, 0.25) is 0 Å². The fraction of sp³-hybridized carbons (Fsp3) is 1.00. The Bertz CT molecular complexity index is 184. The molecule has 0 spiro atoms. The first-order chi connectivity index (χ1) is 8.83. The number of hydrogen-bond acceptors (Lipinski definition) is 1. The molecule has 1 aliphatic carbocycles. The molecule has 0 saturated heterocycles. The molecule has 0 radical (unpaired) electrons. The average Bonchev–Trinajstić information content (AvgIpc) is 2.34. The van der Waals surface area contributed by atoms with Crippen LogP contribution in [0.4, 0.5) is 0 Å². The SMILES string of the molecule is CCCCCCCCCC1(CNCCC)CCC1. The first kappa shape index (κ1) is 16.0. The fourth-order valence-corrected chi connectivity index (χ4v) is 3.18. The van der Waals surface area contributed by atoms with Gasteiger partial charge < -0.3 is 5.32 Å². The Morgan fingerprint density at radius 2 is 1.50 bits per heavy atom. The van der Waals surface area contributed by atoms with E-state index in [2.05, 4.69) is 19.2 Å². The molecule has 1 nitrogen and oxygen atoms in total. The van der Waals surface area contributed by atoms with Crippen molar-refractivity contribution in [3.05, 3.63) is 0 Å². The number of unbranched alkanes of at least 4 members (excludes halogenated alkanes) is 6. The standard InChI is InChI=1S/C17H35N/c1-3-5-6-7-8-9-10-12-17(13-11-14-17)16-18-15-4-2/h18H,3-16H2,1-2H3. The molecule has 1 N–H and O–H groups in total. The highest BCUT2D eigenvalue weighted by atomic mass is 14.9. The summed E-state index contributed by atoms with van der Waals surface area (Å²) >= 11 is 0. The summed E-state index contributed by atoms with van der Waals surface area (Å²) in [5.74, 6) is 0. The topological polar surface area (TPSA) is 12.0 Å². The Kier molecular flexibility index (Phi) is 8.75. The van der Waals surface area contributed by atoms with Crippen LogP contribution < -0.4 is 5.32 Å². The maximum Gasteiger partial charge on any atom is 0.000780 e. The normalized spacial score (nSPS) is 17.7. The van der Waals surface area contributed by atoms with Gasteiger partial charge in [0.15, 0.2) is 0 Å². The molecule has 0 heterocycles. The molecule has 1 fully saturated rings. The molecule has 1 rings (SSSR count). The lowest BCUT2D eigenvalue weighted by molar-refractivity contribution is 0.113. The minimum absolute atomic E-state index is 0.707. The molecule has 18 heavy (non-hydrogen) atoms. The molecule has 108 valence electrons. The molecule has 0 aromatic rings. The van der Waals surface area contributed by atoms with Crippen molar-refractivity contribution >= 4 is 0 Å². The van der Waals surface area contributed by atoms with E-state index in [1.165, 1.54) is 90.1 Å². The van der Waals surface area contributed by atoms with Gasteiger partial charge in [0.1, 0.15) is 0 Å². The van der Waals surface area contributed by atoms with E-state index in [1.807, 2.05) is 0 Å². The van der Waals surface area contributed by atoms with Crippen LogP contribution in [0.3, 0.4) is 0 Å². The second-order valence-electron chi connectivity index (χ2n) is 6.40. The minimum atomic E-state index is 0.707. The molecule has 0 amide bonds. The van der Waals surface area contributed by atoms with Gasteiger partial charge in [0, 0.05) is 6.54 Å². The van der Waals surface area contributed by atoms with Gasteiger partial charge in [-0.15, -0.1) is 0 Å². The Balaban J connectivity index is 1.98.